The lowest BCUT2D eigenvalue weighted by Gasteiger charge is -2.19. The van der Waals surface area contributed by atoms with Crippen LogP contribution in [0, 0.1) is 16.7 Å². The van der Waals surface area contributed by atoms with Crippen molar-refractivity contribution in [3.8, 4) is 11.8 Å². The molecule has 0 aliphatic rings. The summed E-state index contributed by atoms with van der Waals surface area (Å²) in [5.74, 6) is 0.725. The predicted molar refractivity (Wildman–Crippen MR) is 65.5 cm³/mol. The first-order valence-corrected chi connectivity index (χ1v) is 5.35. The van der Waals surface area contributed by atoms with Crippen LogP contribution in [0.1, 0.15) is 20.8 Å². The molecule has 1 aromatic rings. The number of hydrogen-bond donors (Lipinski definition) is 1. The summed E-state index contributed by atoms with van der Waals surface area (Å²) in [6.07, 6.45) is 0. The predicted octanol–water partition coefficient (Wildman–Crippen LogP) is 3.05. The highest BCUT2D eigenvalue weighted by Gasteiger charge is 2.08. The van der Waals surface area contributed by atoms with Crippen LogP contribution in [-0.2, 0) is 0 Å². The molecule has 0 radical (unpaired) electrons. The second kappa shape index (κ2) is 5.41. The maximum Gasteiger partial charge on any atom is 0.174 e. The van der Waals surface area contributed by atoms with Gasteiger partial charge in [-0.1, -0.05) is 20.8 Å². The number of rotatable bonds is 4. The van der Waals surface area contributed by atoms with Crippen LogP contribution < -0.4 is 10.1 Å². The summed E-state index contributed by atoms with van der Waals surface area (Å²) in [6.45, 7) is 7.57. The minimum absolute atomic E-state index is 0.0920. The molecule has 3 heteroatoms. The first kappa shape index (κ1) is 12.4. The van der Waals surface area contributed by atoms with E-state index in [0.717, 1.165) is 18.0 Å². The summed E-state index contributed by atoms with van der Waals surface area (Å²) in [5, 5.41) is 11.7. The van der Waals surface area contributed by atoms with E-state index in [-0.39, 0.29) is 12.0 Å². The molecule has 0 bridgehead atoms. The van der Waals surface area contributed by atoms with Gasteiger partial charge in [-0.25, -0.2) is 0 Å². The van der Waals surface area contributed by atoms with E-state index < -0.39 is 0 Å². The van der Waals surface area contributed by atoms with Gasteiger partial charge in [0, 0.05) is 12.2 Å². The van der Waals surface area contributed by atoms with E-state index in [4.69, 9.17) is 10.00 Å². The van der Waals surface area contributed by atoms with E-state index in [1.807, 2.05) is 30.3 Å². The van der Waals surface area contributed by atoms with E-state index in [1.54, 1.807) is 0 Å². The van der Waals surface area contributed by atoms with Crippen LogP contribution in [0.2, 0.25) is 0 Å². The number of nitrogens with one attached hydrogen (secondary N) is 1. The quantitative estimate of drug-likeness (QED) is 0.844. The van der Waals surface area contributed by atoms with Gasteiger partial charge in [0.1, 0.15) is 11.8 Å². The molecule has 1 N–H and O–H groups in total. The molecule has 0 aromatic heterocycles. The van der Waals surface area contributed by atoms with Gasteiger partial charge in [0.2, 0.25) is 0 Å². The third-order valence-corrected chi connectivity index (χ3v) is 1.98. The third kappa shape index (κ3) is 4.70. The van der Waals surface area contributed by atoms with Crippen LogP contribution in [-0.4, -0.2) is 13.2 Å². The Morgan fingerprint density at radius 1 is 1.25 bits per heavy atom. The van der Waals surface area contributed by atoms with Crippen molar-refractivity contribution in [2.75, 3.05) is 18.5 Å². The number of ether oxygens (including phenoxy) is 1. The fourth-order valence-corrected chi connectivity index (χ4v) is 1.15. The maximum atomic E-state index is 8.37. The highest BCUT2D eigenvalue weighted by molar-refractivity contribution is 5.46. The molecule has 0 aliphatic heterocycles. The fraction of sp³-hybridized carbons (Fsp3) is 0.462. The van der Waals surface area contributed by atoms with E-state index in [1.165, 1.54) is 0 Å². The Morgan fingerprint density at radius 2 is 1.88 bits per heavy atom. The molecule has 0 heterocycles. The second-order valence-corrected chi connectivity index (χ2v) is 4.89. The van der Waals surface area contributed by atoms with Crippen molar-refractivity contribution in [3.63, 3.8) is 0 Å². The van der Waals surface area contributed by atoms with Crippen LogP contribution in [0.15, 0.2) is 24.3 Å². The number of nitriles is 1. The first-order valence-electron chi connectivity index (χ1n) is 5.35. The molecule has 0 aliphatic carbocycles. The SMILES string of the molecule is CC(C)(C)CNc1ccc(OCC#N)cc1. The largest absolute Gasteiger partial charge is 0.479 e. The third-order valence-electron chi connectivity index (χ3n) is 1.98. The maximum absolute atomic E-state index is 8.37. The Morgan fingerprint density at radius 3 is 2.38 bits per heavy atom. The highest BCUT2D eigenvalue weighted by Crippen LogP contribution is 2.18. The van der Waals surface area contributed by atoms with Crippen LogP contribution in [0.25, 0.3) is 0 Å². The summed E-state index contributed by atoms with van der Waals surface area (Å²) in [5.41, 5.74) is 1.33. The topological polar surface area (TPSA) is 45.0 Å². The monoisotopic (exact) mass is 218 g/mol. The average Bonchev–Trinajstić information content (AvgIpc) is 2.24. The lowest BCUT2D eigenvalue weighted by molar-refractivity contribution is 0.368. The normalized spacial score (nSPS) is 10.6. The summed E-state index contributed by atoms with van der Waals surface area (Å²) >= 11 is 0. The zero-order chi connectivity index (χ0) is 12.0. The lowest BCUT2D eigenvalue weighted by atomic mass is 9.97. The Labute approximate surface area is 97.0 Å². The number of benzene rings is 1. The molecule has 0 saturated carbocycles. The summed E-state index contributed by atoms with van der Waals surface area (Å²) in [6, 6.07) is 9.58. The van der Waals surface area contributed by atoms with Crippen LogP contribution >= 0.6 is 0 Å². The average molecular weight is 218 g/mol. The summed E-state index contributed by atoms with van der Waals surface area (Å²) < 4.78 is 5.17. The minimum atomic E-state index is 0.0920. The van der Waals surface area contributed by atoms with Crippen LogP contribution in [0.3, 0.4) is 0 Å². The lowest BCUT2D eigenvalue weighted by Crippen LogP contribution is -2.18. The number of anilines is 1. The van der Waals surface area contributed by atoms with Gasteiger partial charge in [0.25, 0.3) is 0 Å². The van der Waals surface area contributed by atoms with Gasteiger partial charge in [-0.05, 0) is 29.7 Å². The molecule has 3 nitrogen and oxygen atoms in total. The fourth-order valence-electron chi connectivity index (χ4n) is 1.15. The van der Waals surface area contributed by atoms with E-state index in [9.17, 15) is 0 Å². The molecule has 0 amide bonds. The first-order chi connectivity index (χ1) is 7.51. The van der Waals surface area contributed by atoms with Crippen molar-refractivity contribution in [2.45, 2.75) is 20.8 Å². The number of hydrogen-bond acceptors (Lipinski definition) is 3. The van der Waals surface area contributed by atoms with Gasteiger partial charge in [0.15, 0.2) is 6.61 Å². The van der Waals surface area contributed by atoms with E-state index >= 15 is 0 Å². The molecule has 0 spiro atoms. The van der Waals surface area contributed by atoms with Crippen molar-refractivity contribution in [3.05, 3.63) is 24.3 Å². The molecular weight excluding hydrogens is 200 g/mol. The Kier molecular flexibility index (Phi) is 4.19. The van der Waals surface area contributed by atoms with Gasteiger partial charge in [-0.3, -0.25) is 0 Å². The Balaban J connectivity index is 2.49. The summed E-state index contributed by atoms with van der Waals surface area (Å²) in [7, 11) is 0. The van der Waals surface area contributed by atoms with Crippen molar-refractivity contribution in [2.24, 2.45) is 5.41 Å². The van der Waals surface area contributed by atoms with Crippen LogP contribution in [0.5, 0.6) is 5.75 Å². The molecule has 0 unspecified atom stereocenters. The van der Waals surface area contributed by atoms with E-state index in [2.05, 4.69) is 26.1 Å². The minimum Gasteiger partial charge on any atom is -0.479 e. The Hall–Kier alpha value is -1.69. The van der Waals surface area contributed by atoms with E-state index in [0.29, 0.717) is 0 Å². The standard InChI is InChI=1S/C13H18N2O/c1-13(2,3)10-15-11-4-6-12(7-5-11)16-9-8-14/h4-7,15H,9-10H2,1-3H3. The van der Waals surface area contributed by atoms with Crippen molar-refractivity contribution < 1.29 is 4.74 Å². The van der Waals surface area contributed by atoms with Gasteiger partial charge in [-0.15, -0.1) is 0 Å². The van der Waals surface area contributed by atoms with Crippen molar-refractivity contribution in [1.29, 1.82) is 5.26 Å². The van der Waals surface area contributed by atoms with Crippen molar-refractivity contribution in [1.82, 2.24) is 0 Å². The molecule has 86 valence electrons. The van der Waals surface area contributed by atoms with Gasteiger partial charge >= 0.3 is 0 Å². The molecule has 1 aromatic carbocycles. The molecule has 1 rings (SSSR count). The van der Waals surface area contributed by atoms with Crippen LogP contribution in [0.4, 0.5) is 5.69 Å². The molecule has 0 saturated heterocycles. The molecule has 0 fully saturated rings. The van der Waals surface area contributed by atoms with Gasteiger partial charge < -0.3 is 10.1 Å². The summed E-state index contributed by atoms with van der Waals surface area (Å²) in [4.78, 5) is 0. The molecule has 16 heavy (non-hydrogen) atoms. The highest BCUT2D eigenvalue weighted by atomic mass is 16.5. The second-order valence-electron chi connectivity index (χ2n) is 4.89. The smallest absolute Gasteiger partial charge is 0.174 e. The number of nitrogens with zero attached hydrogens (tertiary/aromatic N) is 1. The Bertz CT molecular complexity index is 357. The van der Waals surface area contributed by atoms with Gasteiger partial charge in [0.05, 0.1) is 0 Å². The van der Waals surface area contributed by atoms with Crippen molar-refractivity contribution >= 4 is 5.69 Å². The molecular formula is C13H18N2O. The van der Waals surface area contributed by atoms with Gasteiger partial charge in [-0.2, -0.15) is 5.26 Å². The zero-order valence-corrected chi connectivity index (χ0v) is 10.1. The molecule has 0 atom stereocenters. The zero-order valence-electron chi connectivity index (χ0n) is 10.1.